The van der Waals surface area contributed by atoms with Crippen LogP contribution >= 0.6 is 0 Å². The van der Waals surface area contributed by atoms with Gasteiger partial charge in [0.25, 0.3) is 5.91 Å². The van der Waals surface area contributed by atoms with Crippen molar-refractivity contribution in [1.82, 2.24) is 25.2 Å². The average Bonchev–Trinajstić information content (AvgIpc) is 3.80. The van der Waals surface area contributed by atoms with Crippen molar-refractivity contribution in [3.63, 3.8) is 0 Å². The van der Waals surface area contributed by atoms with E-state index in [-0.39, 0.29) is 43.6 Å². The third-order valence-corrected chi connectivity index (χ3v) is 13.2. The van der Waals surface area contributed by atoms with Gasteiger partial charge in [0.15, 0.2) is 0 Å². The van der Waals surface area contributed by atoms with Crippen LogP contribution < -0.4 is 15.4 Å². The topological polar surface area (TPSA) is 171 Å². The van der Waals surface area contributed by atoms with Gasteiger partial charge in [0.2, 0.25) is 27.7 Å². The van der Waals surface area contributed by atoms with E-state index >= 15 is 0 Å². The molecule has 1 saturated heterocycles. The van der Waals surface area contributed by atoms with Crippen LogP contribution in [0.1, 0.15) is 101 Å². The second-order valence-corrected chi connectivity index (χ2v) is 17.0. The number of sulfonamides is 1. The van der Waals surface area contributed by atoms with Gasteiger partial charge in [0.05, 0.1) is 18.3 Å². The summed E-state index contributed by atoms with van der Waals surface area (Å²) >= 11 is 0. The number of nitrogens with one attached hydrogen (secondary N) is 3. The van der Waals surface area contributed by atoms with Gasteiger partial charge >= 0.3 is 6.09 Å². The number of fused-ring (bicyclic) bond motifs is 3. The van der Waals surface area contributed by atoms with E-state index in [4.69, 9.17) is 4.74 Å². The quantitative estimate of drug-likeness (QED) is 0.405. The Hall–Kier alpha value is -3.94. The van der Waals surface area contributed by atoms with Gasteiger partial charge in [-0.25, -0.2) is 13.2 Å². The number of hydrogen-bond acceptors (Lipinski definition) is 8. The molecule has 3 aliphatic carbocycles. The molecule has 0 spiro atoms. The van der Waals surface area contributed by atoms with Gasteiger partial charge in [-0.05, 0) is 79.9 Å². The van der Waals surface area contributed by atoms with Crippen LogP contribution in [-0.4, -0.2) is 83.5 Å². The molecule has 270 valence electrons. The van der Waals surface area contributed by atoms with Crippen molar-refractivity contribution in [3.05, 3.63) is 41.0 Å². The molecule has 4 fully saturated rings. The van der Waals surface area contributed by atoms with E-state index in [1.807, 2.05) is 18.2 Å². The second-order valence-electron chi connectivity index (χ2n) is 15.1. The minimum absolute atomic E-state index is 0.00409. The lowest BCUT2D eigenvalue weighted by atomic mass is 9.96. The Bertz CT molecular complexity index is 1700. The molecule has 14 heteroatoms. The molecule has 3 saturated carbocycles. The number of nitrogens with zero attached hydrogens (tertiary/aromatic N) is 2. The van der Waals surface area contributed by atoms with E-state index in [9.17, 15) is 32.4 Å². The zero-order chi connectivity index (χ0) is 35.2. The highest BCUT2D eigenvalue weighted by molar-refractivity contribution is 7.91. The second kappa shape index (κ2) is 13.6. The summed E-state index contributed by atoms with van der Waals surface area (Å²) in [5.41, 5.74) is 1.67. The summed E-state index contributed by atoms with van der Waals surface area (Å²) in [6, 6.07) is 4.02. The lowest BCUT2D eigenvalue weighted by molar-refractivity contribution is -0.143. The van der Waals surface area contributed by atoms with Crippen LogP contribution in [0.5, 0.6) is 0 Å². The van der Waals surface area contributed by atoms with E-state index in [2.05, 4.69) is 27.5 Å². The summed E-state index contributed by atoms with van der Waals surface area (Å²) in [6.07, 6.45) is 9.88. The van der Waals surface area contributed by atoms with E-state index in [0.717, 1.165) is 55.2 Å². The van der Waals surface area contributed by atoms with Crippen molar-refractivity contribution >= 4 is 45.8 Å². The maximum atomic E-state index is 14.5. The van der Waals surface area contributed by atoms with Crippen molar-refractivity contribution in [2.75, 3.05) is 6.54 Å². The number of rotatable bonds is 6. The molecule has 0 aromatic heterocycles. The number of ether oxygens (including phenoxy) is 1. The van der Waals surface area contributed by atoms with Crippen LogP contribution in [0, 0.1) is 11.8 Å². The van der Waals surface area contributed by atoms with Gasteiger partial charge in [-0.3, -0.25) is 28.8 Å². The van der Waals surface area contributed by atoms with Crippen LogP contribution in [0.15, 0.2) is 24.3 Å². The smallest absolute Gasteiger partial charge is 0.410 e. The SMILES string of the molecule is C[C@@H]1C[C@@]1(NC(=O)[C@@H]1C[C@@H]2CN1C(=O)[C@H](C1CCCC1)NC(=O)CCCC/C=C/c1cccc3c1CN(C3)C(=O)O2)C(=O)NS(=O)(=O)C1CC1. The molecule has 0 unspecified atom stereocenters. The summed E-state index contributed by atoms with van der Waals surface area (Å²) < 4.78 is 33.4. The van der Waals surface area contributed by atoms with E-state index in [1.165, 1.54) is 4.90 Å². The van der Waals surface area contributed by atoms with Gasteiger partial charge in [-0.15, -0.1) is 0 Å². The van der Waals surface area contributed by atoms with Crippen molar-refractivity contribution in [3.8, 4) is 0 Å². The summed E-state index contributed by atoms with van der Waals surface area (Å²) in [6.45, 7) is 2.45. The molecule has 3 N–H and O–H groups in total. The Labute approximate surface area is 293 Å². The van der Waals surface area contributed by atoms with Crippen LogP contribution in [0.2, 0.25) is 0 Å². The standard InChI is InChI=1S/C36H47N5O8S/c1-22-18-36(22,34(45)39-50(47,48)27-15-16-27)38-32(43)29-17-26-20-41(29)33(44)31(24-10-6-7-11-24)37-30(42)14-5-3-2-4-9-23-12-8-13-25-19-40(21-28(23)25)35(46)49-26/h4,8-9,12-13,22,24,26-27,29,31H,2-3,5-7,10-11,14-21H2,1H3,(H,37,42)(H,38,43)(H,39,45)/b9-4+/t22-,26-,29+,31+,36+/m1/s1. The summed E-state index contributed by atoms with van der Waals surface area (Å²) in [5, 5.41) is 5.20. The van der Waals surface area contributed by atoms with E-state index in [1.54, 1.807) is 11.8 Å². The largest absolute Gasteiger partial charge is 0.444 e. The van der Waals surface area contributed by atoms with Crippen molar-refractivity contribution in [2.24, 2.45) is 11.8 Å². The normalized spacial score (nSPS) is 31.3. The van der Waals surface area contributed by atoms with Crippen molar-refractivity contribution in [2.45, 2.75) is 126 Å². The Morgan fingerprint density at radius 1 is 1.02 bits per heavy atom. The highest BCUT2D eigenvalue weighted by Gasteiger charge is 2.61. The third-order valence-electron chi connectivity index (χ3n) is 11.4. The van der Waals surface area contributed by atoms with Gasteiger partial charge in [-0.2, -0.15) is 0 Å². The number of carbonyl (C=O) groups is 5. The maximum Gasteiger partial charge on any atom is 0.410 e. The Kier molecular flexibility index (Phi) is 9.42. The number of amides is 5. The van der Waals surface area contributed by atoms with Crippen molar-refractivity contribution in [1.29, 1.82) is 0 Å². The zero-order valence-corrected chi connectivity index (χ0v) is 29.3. The van der Waals surface area contributed by atoms with Gasteiger partial charge in [0, 0.05) is 19.4 Å². The molecular weight excluding hydrogens is 662 g/mol. The molecule has 5 atom stereocenters. The summed E-state index contributed by atoms with van der Waals surface area (Å²) in [7, 11) is -3.84. The average molecular weight is 710 g/mol. The number of hydrogen-bond donors (Lipinski definition) is 3. The molecule has 7 rings (SSSR count). The van der Waals surface area contributed by atoms with Gasteiger partial charge < -0.3 is 20.3 Å². The first kappa shape index (κ1) is 34.5. The molecule has 3 aliphatic heterocycles. The Morgan fingerprint density at radius 3 is 2.50 bits per heavy atom. The predicted molar refractivity (Wildman–Crippen MR) is 182 cm³/mol. The highest BCUT2D eigenvalue weighted by Crippen LogP contribution is 2.44. The molecule has 5 amide bonds. The summed E-state index contributed by atoms with van der Waals surface area (Å²) in [5.74, 6) is -2.46. The molecule has 3 heterocycles. The summed E-state index contributed by atoms with van der Waals surface area (Å²) in [4.78, 5) is 71.7. The predicted octanol–water partition coefficient (Wildman–Crippen LogP) is 2.87. The molecular formula is C36H47N5O8S. The number of carbonyl (C=O) groups excluding carboxylic acids is 5. The lowest BCUT2D eigenvalue weighted by Gasteiger charge is -2.32. The molecule has 13 nitrogen and oxygen atoms in total. The molecule has 1 aromatic carbocycles. The maximum absolute atomic E-state index is 14.5. The van der Waals surface area contributed by atoms with Gasteiger partial charge in [0.1, 0.15) is 23.7 Å². The molecule has 1 aromatic rings. The third kappa shape index (κ3) is 7.00. The Balaban J connectivity index is 1.15. The van der Waals surface area contributed by atoms with Crippen LogP contribution in [-0.2, 0) is 47.0 Å². The highest BCUT2D eigenvalue weighted by atomic mass is 32.2. The van der Waals surface area contributed by atoms with Crippen LogP contribution in [0.4, 0.5) is 4.79 Å². The molecule has 6 aliphatic rings. The van der Waals surface area contributed by atoms with Crippen molar-refractivity contribution < 1.29 is 37.1 Å². The fourth-order valence-corrected chi connectivity index (χ4v) is 9.50. The zero-order valence-electron chi connectivity index (χ0n) is 28.5. The van der Waals surface area contributed by atoms with Crippen LogP contribution in [0.3, 0.4) is 0 Å². The van der Waals surface area contributed by atoms with E-state index in [0.29, 0.717) is 32.4 Å². The fraction of sp³-hybridized carbons (Fsp3) is 0.639. The van der Waals surface area contributed by atoms with Crippen LogP contribution in [0.25, 0.3) is 6.08 Å². The fourth-order valence-electron chi connectivity index (χ4n) is 8.14. The molecule has 50 heavy (non-hydrogen) atoms. The van der Waals surface area contributed by atoms with E-state index < -0.39 is 62.8 Å². The monoisotopic (exact) mass is 709 g/mol. The first-order chi connectivity index (χ1) is 23.9. The minimum Gasteiger partial charge on any atom is -0.444 e. The first-order valence-electron chi connectivity index (χ1n) is 18.2. The van der Waals surface area contributed by atoms with Gasteiger partial charge in [-0.1, -0.05) is 50.1 Å². The first-order valence-corrected chi connectivity index (χ1v) is 19.7. The lowest BCUT2D eigenvalue weighted by Crippen LogP contribution is -2.59. The minimum atomic E-state index is -3.84. The number of benzene rings is 1. The Morgan fingerprint density at radius 2 is 1.78 bits per heavy atom. The molecule has 4 bridgehead atoms. The molecule has 0 radical (unpaired) electrons. The number of allylic oxidation sites excluding steroid dienone is 1.